The Balaban J connectivity index is 1.78. The number of benzene rings is 1. The lowest BCUT2D eigenvalue weighted by Gasteiger charge is -2.22. The Bertz CT molecular complexity index is 586. The van der Waals surface area contributed by atoms with Crippen molar-refractivity contribution in [1.29, 1.82) is 0 Å². The van der Waals surface area contributed by atoms with Crippen LogP contribution in [0.25, 0.3) is 0 Å². The third kappa shape index (κ3) is 6.33. The van der Waals surface area contributed by atoms with Crippen molar-refractivity contribution in [3.8, 4) is 5.75 Å². The van der Waals surface area contributed by atoms with Crippen LogP contribution in [0.3, 0.4) is 0 Å². The lowest BCUT2D eigenvalue weighted by Crippen LogP contribution is -2.37. The highest BCUT2D eigenvalue weighted by Gasteiger charge is 2.21. The van der Waals surface area contributed by atoms with E-state index in [0.717, 1.165) is 37.2 Å². The molecule has 1 aliphatic heterocycles. The number of rotatable bonds is 7. The van der Waals surface area contributed by atoms with Gasteiger partial charge in [0.25, 0.3) is 0 Å². The van der Waals surface area contributed by atoms with Gasteiger partial charge in [0.05, 0.1) is 7.11 Å². The summed E-state index contributed by atoms with van der Waals surface area (Å²) in [6.07, 6.45) is 3.24. The topological polar surface area (TPSA) is 75.9 Å². The molecule has 1 heterocycles. The van der Waals surface area contributed by atoms with Crippen molar-refractivity contribution in [2.24, 2.45) is 5.73 Å². The van der Waals surface area contributed by atoms with Crippen LogP contribution >= 0.6 is 0 Å². The van der Waals surface area contributed by atoms with Crippen molar-refractivity contribution in [2.75, 3.05) is 33.3 Å². The molecule has 1 saturated heterocycles. The van der Waals surface area contributed by atoms with Crippen molar-refractivity contribution >= 4 is 11.8 Å². The molecule has 6 heteroatoms. The molecule has 1 aliphatic rings. The third-order valence-electron chi connectivity index (χ3n) is 4.80. The van der Waals surface area contributed by atoms with Gasteiger partial charge in [-0.2, -0.15) is 0 Å². The van der Waals surface area contributed by atoms with E-state index < -0.39 is 0 Å². The number of aryl methyl sites for hydroxylation is 1. The average molecular weight is 361 g/mol. The van der Waals surface area contributed by atoms with E-state index in [0.29, 0.717) is 32.4 Å². The monoisotopic (exact) mass is 361 g/mol. The van der Waals surface area contributed by atoms with Crippen LogP contribution in [0, 0.1) is 0 Å². The number of ether oxygens (including phenoxy) is 1. The first-order chi connectivity index (χ1) is 12.5. The maximum Gasteiger partial charge on any atom is 0.222 e. The molecule has 0 radical (unpaired) electrons. The van der Waals surface area contributed by atoms with Crippen LogP contribution in [0.4, 0.5) is 0 Å². The van der Waals surface area contributed by atoms with Gasteiger partial charge in [-0.1, -0.05) is 12.1 Å². The Morgan fingerprint density at radius 2 is 1.62 bits per heavy atom. The molecule has 0 aliphatic carbocycles. The first-order valence-corrected chi connectivity index (χ1v) is 9.43. The van der Waals surface area contributed by atoms with E-state index in [4.69, 9.17) is 10.5 Å². The van der Waals surface area contributed by atoms with Gasteiger partial charge in [-0.05, 0) is 43.9 Å². The predicted molar refractivity (Wildman–Crippen MR) is 102 cm³/mol. The maximum absolute atomic E-state index is 12.5. The SMILES string of the molecule is COc1ccc(CCC(=O)N2CCCN(C(=O)CCC(C)N)CC2)cc1. The van der Waals surface area contributed by atoms with Gasteiger partial charge < -0.3 is 20.3 Å². The molecule has 6 nitrogen and oxygen atoms in total. The molecule has 1 unspecified atom stereocenters. The second-order valence-corrected chi connectivity index (χ2v) is 6.98. The molecule has 2 amide bonds. The molecule has 1 fully saturated rings. The number of carbonyl (C=O) groups excluding carboxylic acids is 2. The lowest BCUT2D eigenvalue weighted by molar-refractivity contribution is -0.133. The van der Waals surface area contributed by atoms with E-state index in [1.54, 1.807) is 7.11 Å². The van der Waals surface area contributed by atoms with E-state index >= 15 is 0 Å². The van der Waals surface area contributed by atoms with Crippen LogP contribution in [0.2, 0.25) is 0 Å². The summed E-state index contributed by atoms with van der Waals surface area (Å²) in [5.41, 5.74) is 6.86. The first kappa shape index (κ1) is 20.2. The average Bonchev–Trinajstić information content (AvgIpc) is 2.91. The minimum atomic E-state index is 0.0435. The quantitative estimate of drug-likeness (QED) is 0.804. The minimum absolute atomic E-state index is 0.0435. The Labute approximate surface area is 156 Å². The zero-order valence-corrected chi connectivity index (χ0v) is 15.9. The Morgan fingerprint density at radius 3 is 2.15 bits per heavy atom. The van der Waals surface area contributed by atoms with Crippen LogP contribution in [0.1, 0.15) is 38.2 Å². The van der Waals surface area contributed by atoms with Crippen molar-refractivity contribution in [3.05, 3.63) is 29.8 Å². The van der Waals surface area contributed by atoms with Gasteiger partial charge in [0.2, 0.25) is 11.8 Å². The van der Waals surface area contributed by atoms with Crippen LogP contribution in [-0.4, -0.2) is 60.9 Å². The van der Waals surface area contributed by atoms with Crippen LogP contribution in [-0.2, 0) is 16.0 Å². The summed E-state index contributed by atoms with van der Waals surface area (Å²) >= 11 is 0. The standard InChI is InChI=1S/C20H31N3O3/c1-16(21)4-10-19(24)22-12-3-13-23(15-14-22)20(25)11-7-17-5-8-18(26-2)9-6-17/h5-6,8-9,16H,3-4,7,10-15,21H2,1-2H3. The smallest absolute Gasteiger partial charge is 0.222 e. The van der Waals surface area contributed by atoms with Crippen molar-refractivity contribution in [1.82, 2.24) is 9.80 Å². The summed E-state index contributed by atoms with van der Waals surface area (Å²) in [6.45, 7) is 4.59. The highest BCUT2D eigenvalue weighted by atomic mass is 16.5. The van der Waals surface area contributed by atoms with Gasteiger partial charge in [0.15, 0.2) is 0 Å². The van der Waals surface area contributed by atoms with Gasteiger partial charge in [-0.15, -0.1) is 0 Å². The highest BCUT2D eigenvalue weighted by Crippen LogP contribution is 2.14. The number of hydrogen-bond donors (Lipinski definition) is 1. The second kappa shape index (κ2) is 10.2. The molecule has 0 saturated carbocycles. The number of hydrogen-bond acceptors (Lipinski definition) is 4. The molecule has 0 bridgehead atoms. The van der Waals surface area contributed by atoms with Crippen LogP contribution in [0.5, 0.6) is 5.75 Å². The normalized spacial score (nSPS) is 16.1. The van der Waals surface area contributed by atoms with E-state index in [1.807, 2.05) is 41.0 Å². The fourth-order valence-electron chi connectivity index (χ4n) is 3.13. The number of methoxy groups -OCH3 is 1. The highest BCUT2D eigenvalue weighted by molar-refractivity contribution is 5.78. The Kier molecular flexibility index (Phi) is 7.91. The van der Waals surface area contributed by atoms with Gasteiger partial charge >= 0.3 is 0 Å². The fraction of sp³-hybridized carbons (Fsp3) is 0.600. The van der Waals surface area contributed by atoms with Gasteiger partial charge in [0, 0.05) is 45.1 Å². The van der Waals surface area contributed by atoms with Crippen molar-refractivity contribution in [3.63, 3.8) is 0 Å². The van der Waals surface area contributed by atoms with Crippen molar-refractivity contribution in [2.45, 2.75) is 45.1 Å². The zero-order valence-electron chi connectivity index (χ0n) is 15.9. The van der Waals surface area contributed by atoms with Gasteiger partial charge in [-0.25, -0.2) is 0 Å². The largest absolute Gasteiger partial charge is 0.497 e. The molecule has 1 atom stereocenters. The molecule has 0 spiro atoms. The molecule has 26 heavy (non-hydrogen) atoms. The van der Waals surface area contributed by atoms with Crippen LogP contribution in [0.15, 0.2) is 24.3 Å². The molecule has 2 N–H and O–H groups in total. The Hall–Kier alpha value is -2.08. The molecule has 2 rings (SSSR count). The summed E-state index contributed by atoms with van der Waals surface area (Å²) < 4.78 is 5.15. The van der Waals surface area contributed by atoms with E-state index in [9.17, 15) is 9.59 Å². The fourth-order valence-corrected chi connectivity index (χ4v) is 3.13. The third-order valence-corrected chi connectivity index (χ3v) is 4.80. The van der Waals surface area contributed by atoms with E-state index in [1.165, 1.54) is 0 Å². The summed E-state index contributed by atoms with van der Waals surface area (Å²) in [7, 11) is 1.64. The summed E-state index contributed by atoms with van der Waals surface area (Å²) in [6, 6.07) is 7.86. The Morgan fingerprint density at radius 1 is 1.04 bits per heavy atom. The molecule has 1 aromatic rings. The summed E-state index contributed by atoms with van der Waals surface area (Å²) in [5.74, 6) is 1.13. The van der Waals surface area contributed by atoms with Gasteiger partial charge in [-0.3, -0.25) is 9.59 Å². The predicted octanol–water partition coefficient (Wildman–Crippen LogP) is 1.82. The molecule has 0 aromatic heterocycles. The second-order valence-electron chi connectivity index (χ2n) is 6.98. The first-order valence-electron chi connectivity index (χ1n) is 9.43. The summed E-state index contributed by atoms with van der Waals surface area (Å²) in [4.78, 5) is 28.5. The van der Waals surface area contributed by atoms with E-state index in [2.05, 4.69) is 0 Å². The lowest BCUT2D eigenvalue weighted by atomic mass is 10.1. The molecule has 144 valence electrons. The summed E-state index contributed by atoms with van der Waals surface area (Å²) in [5, 5.41) is 0. The molecular weight excluding hydrogens is 330 g/mol. The van der Waals surface area contributed by atoms with Gasteiger partial charge in [0.1, 0.15) is 5.75 Å². The minimum Gasteiger partial charge on any atom is -0.497 e. The van der Waals surface area contributed by atoms with Crippen molar-refractivity contribution < 1.29 is 14.3 Å². The number of carbonyl (C=O) groups is 2. The molecular formula is C20H31N3O3. The zero-order chi connectivity index (χ0) is 18.9. The number of nitrogens with zero attached hydrogens (tertiary/aromatic N) is 2. The van der Waals surface area contributed by atoms with Crippen LogP contribution < -0.4 is 10.5 Å². The number of nitrogens with two attached hydrogens (primary N) is 1. The molecule has 1 aromatic carbocycles. The maximum atomic E-state index is 12.5. The number of amides is 2. The van der Waals surface area contributed by atoms with E-state index in [-0.39, 0.29) is 17.9 Å².